The molecule has 7 heteroatoms. The van der Waals surface area contributed by atoms with E-state index in [1.165, 1.54) is 0 Å². The predicted molar refractivity (Wildman–Crippen MR) is 92.5 cm³/mol. The van der Waals surface area contributed by atoms with Crippen molar-refractivity contribution in [2.24, 2.45) is 0 Å². The average molecular weight is 383 g/mol. The molecule has 6 nitrogen and oxygen atoms in total. The summed E-state index contributed by atoms with van der Waals surface area (Å²) >= 11 is 3.39. The maximum Gasteiger partial charge on any atom is 0.319 e. The molecule has 1 unspecified atom stereocenters. The van der Waals surface area contributed by atoms with E-state index in [1.54, 1.807) is 25.6 Å². The fourth-order valence-corrected chi connectivity index (χ4v) is 3.95. The van der Waals surface area contributed by atoms with Crippen LogP contribution in [0, 0.1) is 0 Å². The highest BCUT2D eigenvalue weighted by Crippen LogP contribution is 2.28. The summed E-state index contributed by atoms with van der Waals surface area (Å²) in [4.78, 5) is 18.8. The molecule has 126 valence electrons. The minimum Gasteiger partial charge on any atom is -0.380 e. The lowest BCUT2D eigenvalue weighted by Crippen LogP contribution is -2.49. The molecule has 1 aliphatic carbocycles. The van der Waals surface area contributed by atoms with E-state index in [9.17, 15) is 4.79 Å². The van der Waals surface area contributed by atoms with E-state index in [4.69, 9.17) is 4.74 Å². The number of nitrogens with zero attached hydrogens (tertiary/aromatic N) is 2. The number of anilines is 1. The smallest absolute Gasteiger partial charge is 0.319 e. The van der Waals surface area contributed by atoms with E-state index < -0.39 is 0 Å². The van der Waals surface area contributed by atoms with Gasteiger partial charge in [-0.05, 0) is 47.7 Å². The summed E-state index contributed by atoms with van der Waals surface area (Å²) in [6.45, 7) is 2.02. The van der Waals surface area contributed by atoms with Crippen LogP contribution < -0.4 is 10.6 Å². The Hall–Kier alpha value is -1.18. The van der Waals surface area contributed by atoms with E-state index in [0.717, 1.165) is 48.9 Å². The fourth-order valence-electron chi connectivity index (χ4n) is 3.60. The summed E-state index contributed by atoms with van der Waals surface area (Å²) in [5.41, 5.74) is 0.729. The Morgan fingerprint density at radius 3 is 3.04 bits per heavy atom. The first-order chi connectivity index (χ1) is 11.2. The zero-order chi connectivity index (χ0) is 16.2. The second-order valence-electron chi connectivity index (χ2n) is 6.20. The molecule has 2 amide bonds. The third-order valence-electron chi connectivity index (χ3n) is 4.80. The zero-order valence-corrected chi connectivity index (χ0v) is 14.9. The largest absolute Gasteiger partial charge is 0.380 e. The SMILES string of the molecule is COC1CCN([C@@H]2CCC[C@@H]2NC(=O)Nc2ccncc2Br)C1. The maximum absolute atomic E-state index is 12.3. The lowest BCUT2D eigenvalue weighted by molar-refractivity contribution is 0.0985. The number of pyridine rings is 1. The van der Waals surface area contributed by atoms with Crippen molar-refractivity contribution in [3.05, 3.63) is 22.9 Å². The maximum atomic E-state index is 12.3. The molecule has 23 heavy (non-hydrogen) atoms. The summed E-state index contributed by atoms with van der Waals surface area (Å²) < 4.78 is 6.24. The molecule has 3 atom stereocenters. The number of hydrogen-bond acceptors (Lipinski definition) is 4. The molecule has 0 radical (unpaired) electrons. The molecule has 0 spiro atoms. The number of halogens is 1. The molecule has 0 aromatic carbocycles. The van der Waals surface area contributed by atoms with Gasteiger partial charge in [0.1, 0.15) is 0 Å². The first-order valence-electron chi connectivity index (χ1n) is 8.11. The lowest BCUT2D eigenvalue weighted by atomic mass is 10.1. The summed E-state index contributed by atoms with van der Waals surface area (Å²) in [5.74, 6) is 0. The first-order valence-corrected chi connectivity index (χ1v) is 8.90. The second kappa shape index (κ2) is 7.59. The molecule has 3 rings (SSSR count). The molecular weight excluding hydrogens is 360 g/mol. The number of carbonyl (C=O) groups is 1. The van der Waals surface area contributed by atoms with Gasteiger partial charge in [0.25, 0.3) is 0 Å². The molecule has 2 fully saturated rings. The number of carbonyl (C=O) groups excluding carboxylic acids is 1. The molecular formula is C16H23BrN4O2. The van der Waals surface area contributed by atoms with Crippen molar-refractivity contribution in [1.29, 1.82) is 0 Å². The molecule has 1 saturated heterocycles. The molecule has 1 saturated carbocycles. The fraction of sp³-hybridized carbons (Fsp3) is 0.625. The van der Waals surface area contributed by atoms with E-state index >= 15 is 0 Å². The normalized spacial score (nSPS) is 28.0. The van der Waals surface area contributed by atoms with Crippen LogP contribution in [0.4, 0.5) is 10.5 Å². The van der Waals surface area contributed by atoms with Crippen LogP contribution in [0.2, 0.25) is 0 Å². The van der Waals surface area contributed by atoms with Crippen molar-refractivity contribution in [1.82, 2.24) is 15.2 Å². The summed E-state index contributed by atoms with van der Waals surface area (Å²) in [7, 11) is 1.78. The van der Waals surface area contributed by atoms with Gasteiger partial charge in [-0.1, -0.05) is 0 Å². The van der Waals surface area contributed by atoms with Crippen molar-refractivity contribution in [2.45, 2.75) is 43.9 Å². The molecule has 2 aliphatic rings. The molecule has 1 aliphatic heterocycles. The quantitative estimate of drug-likeness (QED) is 0.839. The zero-order valence-electron chi connectivity index (χ0n) is 13.3. The van der Waals surface area contributed by atoms with Crippen LogP contribution in [0.1, 0.15) is 25.7 Å². The Bertz CT molecular complexity index is 557. The Balaban J connectivity index is 1.56. The van der Waals surface area contributed by atoms with Gasteiger partial charge in [-0.25, -0.2) is 4.79 Å². The molecule has 1 aromatic rings. The van der Waals surface area contributed by atoms with Gasteiger partial charge in [0.15, 0.2) is 0 Å². The Labute approximate surface area is 145 Å². The first kappa shape index (κ1) is 16.7. The number of methoxy groups -OCH3 is 1. The Morgan fingerprint density at radius 2 is 2.30 bits per heavy atom. The minimum absolute atomic E-state index is 0.156. The second-order valence-corrected chi connectivity index (χ2v) is 7.05. The van der Waals surface area contributed by atoms with E-state index in [-0.39, 0.29) is 12.1 Å². The molecule has 0 bridgehead atoms. The van der Waals surface area contributed by atoms with E-state index in [0.29, 0.717) is 12.1 Å². The van der Waals surface area contributed by atoms with E-state index in [2.05, 4.69) is 36.4 Å². The average Bonchev–Trinajstić information content (AvgIpc) is 3.18. The van der Waals surface area contributed by atoms with Crippen LogP contribution >= 0.6 is 15.9 Å². The van der Waals surface area contributed by atoms with Gasteiger partial charge < -0.3 is 15.4 Å². The van der Waals surface area contributed by atoms with Crippen molar-refractivity contribution in [2.75, 3.05) is 25.5 Å². The monoisotopic (exact) mass is 382 g/mol. The molecule has 2 N–H and O–H groups in total. The summed E-state index contributed by atoms with van der Waals surface area (Å²) in [6, 6.07) is 2.24. The molecule has 2 heterocycles. The predicted octanol–water partition coefficient (Wildman–Crippen LogP) is 2.61. The van der Waals surface area contributed by atoms with E-state index in [1.807, 2.05) is 0 Å². The lowest BCUT2D eigenvalue weighted by Gasteiger charge is -2.30. The van der Waals surface area contributed by atoms with Gasteiger partial charge in [0.05, 0.1) is 16.3 Å². The van der Waals surface area contributed by atoms with Crippen molar-refractivity contribution in [3.8, 4) is 0 Å². The van der Waals surface area contributed by atoms with Crippen LogP contribution in [0.15, 0.2) is 22.9 Å². The third kappa shape index (κ3) is 4.02. The van der Waals surface area contributed by atoms with Crippen molar-refractivity contribution in [3.63, 3.8) is 0 Å². The number of likely N-dealkylation sites (tertiary alicyclic amines) is 1. The van der Waals surface area contributed by atoms with Gasteiger partial charge in [0.2, 0.25) is 0 Å². The van der Waals surface area contributed by atoms with Gasteiger partial charge in [0, 0.05) is 44.7 Å². The van der Waals surface area contributed by atoms with Crippen LogP contribution in [0.25, 0.3) is 0 Å². The van der Waals surface area contributed by atoms with Crippen molar-refractivity contribution >= 4 is 27.6 Å². The number of urea groups is 1. The Morgan fingerprint density at radius 1 is 1.43 bits per heavy atom. The highest BCUT2D eigenvalue weighted by Gasteiger charge is 2.36. The third-order valence-corrected chi connectivity index (χ3v) is 5.43. The van der Waals surface area contributed by atoms with Crippen LogP contribution in [0.3, 0.4) is 0 Å². The standard InChI is InChI=1S/C16H23BrN4O2/c1-23-11-6-8-21(10-11)15-4-2-3-14(15)20-16(22)19-13-5-7-18-9-12(13)17/h5,7,9,11,14-15H,2-4,6,8,10H2,1H3,(H2,18,19,20,22)/t11?,14-,15+/m0/s1. The molecule has 1 aromatic heterocycles. The number of hydrogen-bond donors (Lipinski definition) is 2. The summed E-state index contributed by atoms with van der Waals surface area (Å²) in [6.07, 6.45) is 8.07. The Kier molecular flexibility index (Phi) is 5.50. The number of ether oxygens (including phenoxy) is 1. The van der Waals surface area contributed by atoms with Crippen LogP contribution in [0.5, 0.6) is 0 Å². The van der Waals surface area contributed by atoms with Gasteiger partial charge in [-0.3, -0.25) is 9.88 Å². The summed E-state index contributed by atoms with van der Waals surface area (Å²) in [5, 5.41) is 6.03. The van der Waals surface area contributed by atoms with Gasteiger partial charge in [-0.15, -0.1) is 0 Å². The highest BCUT2D eigenvalue weighted by molar-refractivity contribution is 9.10. The topological polar surface area (TPSA) is 66.5 Å². The number of aromatic nitrogens is 1. The number of amides is 2. The number of nitrogens with one attached hydrogen (secondary N) is 2. The van der Waals surface area contributed by atoms with Crippen molar-refractivity contribution < 1.29 is 9.53 Å². The van der Waals surface area contributed by atoms with Crippen LogP contribution in [-0.2, 0) is 4.74 Å². The van der Waals surface area contributed by atoms with Gasteiger partial charge >= 0.3 is 6.03 Å². The highest BCUT2D eigenvalue weighted by atomic mass is 79.9. The van der Waals surface area contributed by atoms with Crippen LogP contribution in [-0.4, -0.2) is 54.3 Å². The number of rotatable bonds is 4. The van der Waals surface area contributed by atoms with Gasteiger partial charge in [-0.2, -0.15) is 0 Å². The minimum atomic E-state index is -0.156.